The molecule has 1 nitrogen and oxygen atoms in total. The summed E-state index contributed by atoms with van der Waals surface area (Å²) in [5, 5.41) is 2.59. The van der Waals surface area contributed by atoms with Gasteiger partial charge < -0.3 is 4.57 Å². The lowest BCUT2D eigenvalue weighted by molar-refractivity contribution is 0.776. The first-order valence-corrected chi connectivity index (χ1v) is 9.07. The molecule has 116 valence electrons. The van der Waals surface area contributed by atoms with Gasteiger partial charge in [0.15, 0.2) is 0 Å². The van der Waals surface area contributed by atoms with Gasteiger partial charge in [-0.05, 0) is 42.3 Å². The van der Waals surface area contributed by atoms with Crippen LogP contribution in [-0.4, -0.2) is 4.57 Å². The molecule has 0 aliphatic heterocycles. The molecular formula is C22H16BrN. The molecule has 0 saturated heterocycles. The first kappa shape index (κ1) is 14.1. The lowest BCUT2D eigenvalue weighted by atomic mass is 9.86. The largest absolute Gasteiger partial charge is 0.309 e. The second kappa shape index (κ2) is 5.35. The third-order valence-electron chi connectivity index (χ3n) is 4.97. The van der Waals surface area contributed by atoms with E-state index in [0.717, 1.165) is 10.9 Å². The second-order valence-corrected chi connectivity index (χ2v) is 7.26. The molecule has 0 spiro atoms. The number of nitrogens with zero attached hydrogens (tertiary/aromatic N) is 1. The molecule has 1 unspecified atom stereocenters. The van der Waals surface area contributed by atoms with E-state index in [2.05, 4.69) is 99.4 Å². The molecule has 0 saturated carbocycles. The maximum Gasteiger partial charge on any atom is 0.0541 e. The van der Waals surface area contributed by atoms with Crippen molar-refractivity contribution >= 4 is 43.4 Å². The molecule has 1 aromatic heterocycles. The highest BCUT2D eigenvalue weighted by atomic mass is 79.9. The molecule has 0 N–H and O–H groups in total. The Kier molecular flexibility index (Phi) is 3.14. The van der Waals surface area contributed by atoms with Crippen LogP contribution in [0.15, 0.2) is 89.0 Å². The van der Waals surface area contributed by atoms with Crippen molar-refractivity contribution < 1.29 is 0 Å². The average Bonchev–Trinajstić information content (AvgIpc) is 2.95. The number of benzene rings is 2. The minimum atomic E-state index is 0.488. The van der Waals surface area contributed by atoms with Gasteiger partial charge in [0.05, 0.1) is 11.0 Å². The molecule has 24 heavy (non-hydrogen) atoms. The Hall–Kier alpha value is -2.32. The molecule has 0 amide bonds. The highest BCUT2D eigenvalue weighted by Crippen LogP contribution is 2.38. The van der Waals surface area contributed by atoms with Crippen molar-refractivity contribution in [3.63, 3.8) is 0 Å². The summed E-state index contributed by atoms with van der Waals surface area (Å²) in [5.74, 6) is 0.488. The zero-order chi connectivity index (χ0) is 16.1. The van der Waals surface area contributed by atoms with Gasteiger partial charge >= 0.3 is 0 Å². The molecule has 0 fully saturated rings. The summed E-state index contributed by atoms with van der Waals surface area (Å²) in [7, 11) is 0. The minimum absolute atomic E-state index is 0.488. The molecular weight excluding hydrogens is 358 g/mol. The summed E-state index contributed by atoms with van der Waals surface area (Å²) in [5.41, 5.74) is 5.22. The van der Waals surface area contributed by atoms with Gasteiger partial charge in [-0.2, -0.15) is 0 Å². The van der Waals surface area contributed by atoms with Crippen molar-refractivity contribution in [1.29, 1.82) is 0 Å². The number of allylic oxidation sites excluding steroid dienone is 8. The predicted octanol–water partition coefficient (Wildman–Crippen LogP) is 6.47. The number of hydrogen-bond acceptors (Lipinski definition) is 0. The van der Waals surface area contributed by atoms with Crippen molar-refractivity contribution in [2.45, 2.75) is 6.42 Å². The standard InChI is InChI=1S/C22H16BrN/c23-16-12-13-22-19(14-16)18-9-3-4-10-21(18)24(22)20-11-5-7-15-6-1-2-8-17(15)20/h1-6,8-15H,7H2. The van der Waals surface area contributed by atoms with Crippen LogP contribution in [0.25, 0.3) is 27.5 Å². The molecule has 1 atom stereocenters. The quantitative estimate of drug-likeness (QED) is 0.460. The van der Waals surface area contributed by atoms with Crippen LogP contribution in [-0.2, 0) is 0 Å². The number of fused-ring (bicyclic) bond motifs is 4. The Labute approximate surface area is 149 Å². The van der Waals surface area contributed by atoms with E-state index >= 15 is 0 Å². The third kappa shape index (κ3) is 1.99. The highest BCUT2D eigenvalue weighted by Gasteiger charge is 2.21. The van der Waals surface area contributed by atoms with E-state index in [-0.39, 0.29) is 0 Å². The Bertz CT molecular complexity index is 1090. The van der Waals surface area contributed by atoms with E-state index in [1.54, 1.807) is 0 Å². The Morgan fingerprint density at radius 3 is 2.75 bits per heavy atom. The SMILES string of the molecule is Brc1ccc2c(c1)c1ccccc1n2C1=C2C=CC=CC2CC=C1. The van der Waals surface area contributed by atoms with E-state index in [1.165, 1.54) is 33.1 Å². The fraction of sp³-hybridized carbons (Fsp3) is 0.0909. The van der Waals surface area contributed by atoms with E-state index in [1.807, 2.05) is 0 Å². The van der Waals surface area contributed by atoms with Crippen molar-refractivity contribution in [2.24, 2.45) is 5.92 Å². The maximum atomic E-state index is 3.62. The average molecular weight is 374 g/mol. The van der Waals surface area contributed by atoms with Crippen LogP contribution in [0.2, 0.25) is 0 Å². The number of para-hydroxylation sites is 1. The van der Waals surface area contributed by atoms with Crippen molar-refractivity contribution in [2.75, 3.05) is 0 Å². The van der Waals surface area contributed by atoms with Crippen LogP contribution in [0.5, 0.6) is 0 Å². The van der Waals surface area contributed by atoms with Crippen LogP contribution in [0, 0.1) is 5.92 Å². The van der Waals surface area contributed by atoms with E-state index in [4.69, 9.17) is 0 Å². The fourth-order valence-electron chi connectivity index (χ4n) is 3.90. The Morgan fingerprint density at radius 1 is 0.917 bits per heavy atom. The van der Waals surface area contributed by atoms with Crippen LogP contribution < -0.4 is 0 Å². The van der Waals surface area contributed by atoms with Crippen molar-refractivity contribution in [3.8, 4) is 0 Å². The fourth-order valence-corrected chi connectivity index (χ4v) is 4.26. The molecule has 5 rings (SSSR count). The molecule has 2 aliphatic carbocycles. The topological polar surface area (TPSA) is 4.93 Å². The second-order valence-electron chi connectivity index (χ2n) is 6.34. The number of halogens is 1. The summed E-state index contributed by atoms with van der Waals surface area (Å²) in [6, 6.07) is 15.2. The van der Waals surface area contributed by atoms with Gasteiger partial charge in [0, 0.05) is 26.9 Å². The Balaban J connectivity index is 1.92. The van der Waals surface area contributed by atoms with Crippen molar-refractivity contribution in [3.05, 3.63) is 89.0 Å². The van der Waals surface area contributed by atoms with E-state index in [0.29, 0.717) is 5.92 Å². The minimum Gasteiger partial charge on any atom is -0.309 e. The normalized spacial score (nSPS) is 19.5. The summed E-state index contributed by atoms with van der Waals surface area (Å²) >= 11 is 3.62. The Morgan fingerprint density at radius 2 is 1.79 bits per heavy atom. The smallest absolute Gasteiger partial charge is 0.0541 e. The van der Waals surface area contributed by atoms with Crippen LogP contribution in [0.1, 0.15) is 6.42 Å². The molecule has 2 aromatic carbocycles. The van der Waals surface area contributed by atoms with E-state index in [9.17, 15) is 0 Å². The predicted molar refractivity (Wildman–Crippen MR) is 106 cm³/mol. The first-order valence-electron chi connectivity index (χ1n) is 8.27. The van der Waals surface area contributed by atoms with Crippen molar-refractivity contribution in [1.82, 2.24) is 4.57 Å². The van der Waals surface area contributed by atoms with Crippen LogP contribution >= 0.6 is 15.9 Å². The molecule has 2 aliphatic rings. The van der Waals surface area contributed by atoms with Gasteiger partial charge in [-0.25, -0.2) is 0 Å². The van der Waals surface area contributed by atoms with Gasteiger partial charge in [0.25, 0.3) is 0 Å². The third-order valence-corrected chi connectivity index (χ3v) is 5.46. The molecule has 2 heteroatoms. The lowest BCUT2D eigenvalue weighted by Gasteiger charge is -2.24. The van der Waals surface area contributed by atoms with Crippen LogP contribution in [0.4, 0.5) is 0 Å². The van der Waals surface area contributed by atoms with Crippen LogP contribution in [0.3, 0.4) is 0 Å². The molecule has 0 bridgehead atoms. The zero-order valence-electron chi connectivity index (χ0n) is 13.1. The summed E-state index contributed by atoms with van der Waals surface area (Å²) in [6.45, 7) is 0. The van der Waals surface area contributed by atoms with Gasteiger partial charge in [-0.15, -0.1) is 0 Å². The number of aromatic nitrogens is 1. The lowest BCUT2D eigenvalue weighted by Crippen LogP contribution is -2.10. The van der Waals surface area contributed by atoms with Gasteiger partial charge in [0.1, 0.15) is 0 Å². The highest BCUT2D eigenvalue weighted by molar-refractivity contribution is 9.10. The number of hydrogen-bond donors (Lipinski definition) is 0. The first-order chi connectivity index (χ1) is 11.8. The number of rotatable bonds is 1. The molecule has 3 aromatic rings. The monoisotopic (exact) mass is 373 g/mol. The maximum absolute atomic E-state index is 3.62. The summed E-state index contributed by atoms with van der Waals surface area (Å²) in [4.78, 5) is 0. The summed E-state index contributed by atoms with van der Waals surface area (Å²) < 4.78 is 3.53. The van der Waals surface area contributed by atoms with E-state index < -0.39 is 0 Å². The summed E-state index contributed by atoms with van der Waals surface area (Å²) in [6.07, 6.45) is 14.5. The van der Waals surface area contributed by atoms with Gasteiger partial charge in [-0.3, -0.25) is 0 Å². The zero-order valence-corrected chi connectivity index (χ0v) is 14.7. The van der Waals surface area contributed by atoms with Gasteiger partial charge in [-0.1, -0.05) is 64.5 Å². The molecule has 0 radical (unpaired) electrons. The molecule has 1 heterocycles. The van der Waals surface area contributed by atoms with Gasteiger partial charge in [0.2, 0.25) is 0 Å².